The van der Waals surface area contributed by atoms with E-state index < -0.39 is 0 Å². The Morgan fingerprint density at radius 3 is 2.88 bits per heavy atom. The van der Waals surface area contributed by atoms with Gasteiger partial charge in [0, 0.05) is 42.7 Å². The molecule has 1 fully saturated rings. The maximum absolute atomic E-state index is 11.8. The number of ether oxygens (including phenoxy) is 2. The number of fused-ring (bicyclic) bond motifs is 1. The van der Waals surface area contributed by atoms with Crippen LogP contribution >= 0.6 is 0 Å². The molecule has 0 atom stereocenters. The van der Waals surface area contributed by atoms with Gasteiger partial charge in [0.15, 0.2) is 0 Å². The SMILES string of the molecule is COCCC(=O)NC1CCC(Oc2cccc3cnccc23)CC1. The van der Waals surface area contributed by atoms with Gasteiger partial charge in [-0.2, -0.15) is 0 Å². The average molecular weight is 328 g/mol. The summed E-state index contributed by atoms with van der Waals surface area (Å²) in [5, 5.41) is 5.28. The Morgan fingerprint density at radius 2 is 2.08 bits per heavy atom. The molecule has 128 valence electrons. The van der Waals surface area contributed by atoms with Crippen molar-refractivity contribution >= 4 is 16.7 Å². The van der Waals surface area contributed by atoms with Crippen LogP contribution in [0.2, 0.25) is 0 Å². The number of pyridine rings is 1. The van der Waals surface area contributed by atoms with Crippen molar-refractivity contribution in [2.75, 3.05) is 13.7 Å². The molecule has 0 aliphatic heterocycles. The number of rotatable bonds is 6. The molecule has 0 saturated heterocycles. The fourth-order valence-electron chi connectivity index (χ4n) is 3.19. The molecule has 0 unspecified atom stereocenters. The largest absolute Gasteiger partial charge is 0.490 e. The number of methoxy groups -OCH3 is 1. The summed E-state index contributed by atoms with van der Waals surface area (Å²) in [7, 11) is 1.61. The van der Waals surface area contributed by atoms with Gasteiger partial charge in [0.2, 0.25) is 5.91 Å². The molecule has 1 aliphatic carbocycles. The third-order valence-corrected chi connectivity index (χ3v) is 4.51. The second-order valence-electron chi connectivity index (χ2n) is 6.25. The molecule has 1 saturated carbocycles. The van der Waals surface area contributed by atoms with Crippen LogP contribution in [0.15, 0.2) is 36.7 Å². The second kappa shape index (κ2) is 8.11. The molecule has 1 amide bonds. The smallest absolute Gasteiger partial charge is 0.222 e. The number of carbonyl (C=O) groups excluding carboxylic acids is 1. The standard InChI is InChI=1S/C19H24N2O3/c1-23-12-10-19(22)21-15-5-7-16(8-6-15)24-18-4-2-3-14-13-20-11-9-17(14)18/h2-4,9,11,13,15-16H,5-8,10,12H2,1H3,(H,21,22). The van der Waals surface area contributed by atoms with Crippen LogP contribution in [-0.4, -0.2) is 36.8 Å². The summed E-state index contributed by atoms with van der Waals surface area (Å²) in [6.07, 6.45) is 8.10. The van der Waals surface area contributed by atoms with Crippen molar-refractivity contribution < 1.29 is 14.3 Å². The van der Waals surface area contributed by atoms with Crippen molar-refractivity contribution in [1.82, 2.24) is 10.3 Å². The van der Waals surface area contributed by atoms with Gasteiger partial charge < -0.3 is 14.8 Å². The summed E-state index contributed by atoms with van der Waals surface area (Å²) in [5.74, 6) is 0.991. The molecule has 0 bridgehead atoms. The summed E-state index contributed by atoms with van der Waals surface area (Å²) in [5.41, 5.74) is 0. The number of aromatic nitrogens is 1. The average Bonchev–Trinajstić information content (AvgIpc) is 2.62. The molecule has 1 N–H and O–H groups in total. The van der Waals surface area contributed by atoms with Crippen molar-refractivity contribution in [2.45, 2.75) is 44.2 Å². The number of benzene rings is 1. The van der Waals surface area contributed by atoms with E-state index in [-0.39, 0.29) is 18.1 Å². The fourth-order valence-corrected chi connectivity index (χ4v) is 3.19. The lowest BCUT2D eigenvalue weighted by Crippen LogP contribution is -2.40. The van der Waals surface area contributed by atoms with Gasteiger partial charge in [0.05, 0.1) is 12.7 Å². The highest BCUT2D eigenvalue weighted by molar-refractivity contribution is 5.87. The summed E-state index contributed by atoms with van der Waals surface area (Å²) >= 11 is 0. The van der Waals surface area contributed by atoms with E-state index in [1.807, 2.05) is 30.5 Å². The van der Waals surface area contributed by atoms with E-state index in [4.69, 9.17) is 9.47 Å². The van der Waals surface area contributed by atoms with Crippen LogP contribution in [0.25, 0.3) is 10.8 Å². The Hall–Kier alpha value is -2.14. The fraction of sp³-hybridized carbons (Fsp3) is 0.474. The second-order valence-corrected chi connectivity index (χ2v) is 6.25. The third-order valence-electron chi connectivity index (χ3n) is 4.51. The van der Waals surface area contributed by atoms with Crippen molar-refractivity contribution in [1.29, 1.82) is 0 Å². The predicted octanol–water partition coefficient (Wildman–Crippen LogP) is 3.08. The van der Waals surface area contributed by atoms with Crippen LogP contribution < -0.4 is 10.1 Å². The molecule has 24 heavy (non-hydrogen) atoms. The molecule has 3 rings (SSSR count). The summed E-state index contributed by atoms with van der Waals surface area (Å²) in [6.45, 7) is 0.472. The zero-order chi connectivity index (χ0) is 16.8. The summed E-state index contributed by atoms with van der Waals surface area (Å²) < 4.78 is 11.2. The van der Waals surface area contributed by atoms with Gasteiger partial charge in [0.1, 0.15) is 5.75 Å². The van der Waals surface area contributed by atoms with Crippen LogP contribution in [-0.2, 0) is 9.53 Å². The van der Waals surface area contributed by atoms with Gasteiger partial charge in [-0.1, -0.05) is 12.1 Å². The van der Waals surface area contributed by atoms with Crippen molar-refractivity contribution in [3.05, 3.63) is 36.7 Å². The van der Waals surface area contributed by atoms with Gasteiger partial charge in [0.25, 0.3) is 0 Å². The molecule has 1 aliphatic rings. The van der Waals surface area contributed by atoms with Crippen molar-refractivity contribution in [3.8, 4) is 5.75 Å². The van der Waals surface area contributed by atoms with Gasteiger partial charge in [-0.25, -0.2) is 0 Å². The Labute approximate surface area is 142 Å². The van der Waals surface area contributed by atoms with Crippen molar-refractivity contribution in [3.63, 3.8) is 0 Å². The molecule has 1 aromatic heterocycles. The molecular weight excluding hydrogens is 304 g/mol. The Kier molecular flexibility index (Phi) is 5.64. The van der Waals surface area contributed by atoms with Gasteiger partial charge in [-0.3, -0.25) is 9.78 Å². The van der Waals surface area contributed by atoms with Gasteiger partial charge in [-0.05, 0) is 37.8 Å². The minimum atomic E-state index is 0.0720. The van der Waals surface area contributed by atoms with Crippen LogP contribution in [0.4, 0.5) is 0 Å². The number of hydrogen-bond acceptors (Lipinski definition) is 4. The Morgan fingerprint density at radius 1 is 1.25 bits per heavy atom. The van der Waals surface area contributed by atoms with Crippen LogP contribution in [0.1, 0.15) is 32.1 Å². The minimum Gasteiger partial charge on any atom is -0.490 e. The Bertz CT molecular complexity index is 676. The zero-order valence-corrected chi connectivity index (χ0v) is 14.0. The monoisotopic (exact) mass is 328 g/mol. The molecule has 5 nitrogen and oxygen atoms in total. The number of nitrogens with one attached hydrogen (secondary N) is 1. The Balaban J connectivity index is 1.53. The quantitative estimate of drug-likeness (QED) is 0.885. The first-order valence-corrected chi connectivity index (χ1v) is 8.54. The third kappa shape index (κ3) is 4.23. The van der Waals surface area contributed by atoms with Crippen LogP contribution in [0, 0.1) is 0 Å². The molecule has 1 heterocycles. The first kappa shape index (κ1) is 16.7. The lowest BCUT2D eigenvalue weighted by molar-refractivity contribution is -0.123. The molecule has 0 radical (unpaired) electrons. The number of nitrogens with zero attached hydrogens (tertiary/aromatic N) is 1. The van der Waals surface area contributed by atoms with Crippen LogP contribution in [0.5, 0.6) is 5.75 Å². The van der Waals surface area contributed by atoms with E-state index in [2.05, 4.69) is 10.3 Å². The molecule has 1 aromatic carbocycles. The predicted molar refractivity (Wildman–Crippen MR) is 93.1 cm³/mol. The van der Waals surface area contributed by atoms with Gasteiger partial charge >= 0.3 is 0 Å². The molecule has 5 heteroatoms. The maximum Gasteiger partial charge on any atom is 0.222 e. The number of carbonyl (C=O) groups is 1. The number of hydrogen-bond donors (Lipinski definition) is 1. The highest BCUT2D eigenvalue weighted by Crippen LogP contribution is 2.29. The van der Waals surface area contributed by atoms with E-state index in [0.29, 0.717) is 13.0 Å². The highest BCUT2D eigenvalue weighted by atomic mass is 16.5. The minimum absolute atomic E-state index is 0.0720. The van der Waals surface area contributed by atoms with E-state index in [1.54, 1.807) is 13.3 Å². The summed E-state index contributed by atoms with van der Waals surface area (Å²) in [4.78, 5) is 15.9. The molecule has 0 spiro atoms. The normalized spacial score (nSPS) is 20.7. The van der Waals surface area contributed by atoms with Crippen molar-refractivity contribution in [2.24, 2.45) is 0 Å². The maximum atomic E-state index is 11.8. The number of amides is 1. The molecule has 2 aromatic rings. The first-order valence-electron chi connectivity index (χ1n) is 8.54. The molecular formula is C19H24N2O3. The summed E-state index contributed by atoms with van der Waals surface area (Å²) in [6, 6.07) is 8.31. The van der Waals surface area contributed by atoms with Gasteiger partial charge in [-0.15, -0.1) is 0 Å². The van der Waals surface area contributed by atoms with E-state index in [1.165, 1.54) is 0 Å². The lowest BCUT2D eigenvalue weighted by Gasteiger charge is -2.29. The highest BCUT2D eigenvalue weighted by Gasteiger charge is 2.23. The zero-order valence-electron chi connectivity index (χ0n) is 14.0. The van der Waals surface area contributed by atoms with Crippen LogP contribution in [0.3, 0.4) is 0 Å². The topological polar surface area (TPSA) is 60.5 Å². The lowest BCUT2D eigenvalue weighted by atomic mass is 9.92. The van der Waals surface area contributed by atoms with E-state index in [9.17, 15) is 4.79 Å². The first-order chi connectivity index (χ1) is 11.8. The van der Waals surface area contributed by atoms with E-state index in [0.717, 1.165) is 42.2 Å². The van der Waals surface area contributed by atoms with E-state index >= 15 is 0 Å².